The van der Waals surface area contributed by atoms with Gasteiger partial charge in [-0.25, -0.2) is 9.37 Å². The van der Waals surface area contributed by atoms with Crippen molar-refractivity contribution < 1.29 is 22.4 Å². The van der Waals surface area contributed by atoms with E-state index in [9.17, 15) is 22.4 Å². The van der Waals surface area contributed by atoms with E-state index >= 15 is 0 Å². The van der Waals surface area contributed by atoms with Gasteiger partial charge >= 0.3 is 6.18 Å². The molecule has 1 aliphatic rings. The van der Waals surface area contributed by atoms with Crippen molar-refractivity contribution in [3.8, 4) is 0 Å². The number of rotatable bonds is 6. The average Bonchev–Trinajstić information content (AvgIpc) is 3.33. The van der Waals surface area contributed by atoms with Crippen molar-refractivity contribution in [3.05, 3.63) is 64.5 Å². The highest BCUT2D eigenvalue weighted by molar-refractivity contribution is 7.13. The first-order valence-corrected chi connectivity index (χ1v) is 9.79. The molecule has 2 N–H and O–H groups in total. The number of nitrogens with zero attached hydrogens (tertiary/aromatic N) is 3. The number of pyridine rings is 1. The topological polar surface area (TPSA) is 79.8 Å². The van der Waals surface area contributed by atoms with Crippen LogP contribution >= 0.6 is 11.3 Å². The Morgan fingerprint density at radius 2 is 2.00 bits per heavy atom. The fourth-order valence-corrected chi connectivity index (χ4v) is 3.51. The molecule has 0 unspecified atom stereocenters. The molecule has 4 rings (SSSR count). The Bertz CT molecular complexity index is 1050. The molecule has 2 heterocycles. The summed E-state index contributed by atoms with van der Waals surface area (Å²) in [7, 11) is 0. The predicted molar refractivity (Wildman–Crippen MR) is 103 cm³/mol. The molecule has 30 heavy (non-hydrogen) atoms. The molecule has 1 aliphatic carbocycles. The molecule has 1 amide bonds. The molecular weight excluding hydrogens is 422 g/mol. The van der Waals surface area contributed by atoms with Crippen molar-refractivity contribution in [1.29, 1.82) is 0 Å². The lowest BCUT2D eigenvalue weighted by atomic mass is 9.94. The van der Waals surface area contributed by atoms with Gasteiger partial charge in [0.1, 0.15) is 17.1 Å². The summed E-state index contributed by atoms with van der Waals surface area (Å²) in [6, 6.07) is 5.82. The van der Waals surface area contributed by atoms with Crippen LogP contribution < -0.4 is 10.6 Å². The fraction of sp³-hybridized carbons (Fsp3) is 0.263. The minimum Gasteiger partial charge on any atom is -0.369 e. The van der Waals surface area contributed by atoms with E-state index in [1.54, 1.807) is 12.1 Å². The van der Waals surface area contributed by atoms with Crippen LogP contribution in [0.15, 0.2) is 42.0 Å². The van der Waals surface area contributed by atoms with Crippen molar-refractivity contribution in [2.45, 2.75) is 24.4 Å². The molecule has 0 saturated heterocycles. The molecule has 0 atom stereocenters. The van der Waals surface area contributed by atoms with Crippen LogP contribution in [0.5, 0.6) is 0 Å². The van der Waals surface area contributed by atoms with Gasteiger partial charge in [-0.05, 0) is 48.7 Å². The van der Waals surface area contributed by atoms with Gasteiger partial charge in [0.05, 0.1) is 11.1 Å². The Hall–Kier alpha value is -3.08. The Morgan fingerprint density at radius 1 is 1.20 bits per heavy atom. The number of hydrogen-bond donors (Lipinski definition) is 2. The Labute approximate surface area is 172 Å². The van der Waals surface area contributed by atoms with Gasteiger partial charge in [-0.15, -0.1) is 10.2 Å². The van der Waals surface area contributed by atoms with Crippen molar-refractivity contribution in [2.24, 2.45) is 0 Å². The van der Waals surface area contributed by atoms with E-state index in [1.807, 2.05) is 0 Å². The lowest BCUT2D eigenvalue weighted by molar-refractivity contribution is -0.137. The fourth-order valence-electron chi connectivity index (χ4n) is 3.07. The molecule has 0 spiro atoms. The molecule has 0 aliphatic heterocycles. The summed E-state index contributed by atoms with van der Waals surface area (Å²) in [6.45, 7) is 0.303. The van der Waals surface area contributed by atoms with Gasteiger partial charge in [-0.1, -0.05) is 11.3 Å². The molecule has 0 bridgehead atoms. The van der Waals surface area contributed by atoms with Crippen LogP contribution in [0.3, 0.4) is 0 Å². The van der Waals surface area contributed by atoms with Crippen LogP contribution in [0.2, 0.25) is 0 Å². The third-order valence-electron chi connectivity index (χ3n) is 4.91. The number of hydrogen-bond acceptors (Lipinski definition) is 6. The molecule has 1 saturated carbocycles. The second-order valence-electron chi connectivity index (χ2n) is 6.99. The van der Waals surface area contributed by atoms with Crippen LogP contribution in [-0.2, 0) is 11.6 Å². The first-order valence-electron chi connectivity index (χ1n) is 8.91. The Balaban J connectivity index is 1.42. The monoisotopic (exact) mass is 437 g/mol. The number of alkyl halides is 3. The minimum absolute atomic E-state index is 0.303. The Morgan fingerprint density at radius 3 is 2.60 bits per heavy atom. The summed E-state index contributed by atoms with van der Waals surface area (Å²) in [6.07, 6.45) is -1.94. The number of anilines is 2. The zero-order valence-electron chi connectivity index (χ0n) is 15.3. The summed E-state index contributed by atoms with van der Waals surface area (Å²) >= 11 is 1.18. The number of amides is 1. The number of nitrogens with one attached hydrogen (secondary N) is 2. The molecule has 1 aromatic carbocycles. The molecule has 11 heteroatoms. The van der Waals surface area contributed by atoms with E-state index in [-0.39, 0.29) is 5.91 Å². The van der Waals surface area contributed by atoms with Crippen molar-refractivity contribution >= 4 is 28.2 Å². The summed E-state index contributed by atoms with van der Waals surface area (Å²) < 4.78 is 52.7. The van der Waals surface area contributed by atoms with Crippen LogP contribution in [0.4, 0.5) is 28.5 Å². The summed E-state index contributed by atoms with van der Waals surface area (Å²) in [4.78, 5) is 16.3. The van der Waals surface area contributed by atoms with Crippen molar-refractivity contribution in [2.75, 3.05) is 17.2 Å². The van der Waals surface area contributed by atoms with E-state index in [0.29, 0.717) is 47.5 Å². The largest absolute Gasteiger partial charge is 0.416 e. The maximum Gasteiger partial charge on any atom is 0.416 e. The smallest absolute Gasteiger partial charge is 0.369 e. The molecule has 1 fully saturated rings. The van der Waals surface area contributed by atoms with Gasteiger partial charge in [0.2, 0.25) is 5.13 Å². The molecule has 156 valence electrons. The standard InChI is InChI=1S/C19H15F4N5OS/c20-14-6-12(5-13(7-14)19(21,22)23)18(3-4-18)9-25-15-2-1-11(8-24-15)16(29)27-17-28-26-10-30-17/h1-2,5-8,10H,3-4,9H2,(H,24,25)(H,27,28,29). The molecule has 6 nitrogen and oxygen atoms in total. The third kappa shape index (κ3) is 4.40. The highest BCUT2D eigenvalue weighted by Crippen LogP contribution is 2.49. The van der Waals surface area contributed by atoms with E-state index in [4.69, 9.17) is 0 Å². The number of carbonyl (C=O) groups excluding carboxylic acids is 1. The van der Waals surface area contributed by atoms with Crippen molar-refractivity contribution in [1.82, 2.24) is 15.2 Å². The van der Waals surface area contributed by atoms with E-state index < -0.39 is 23.0 Å². The van der Waals surface area contributed by atoms with Gasteiger partial charge in [0.25, 0.3) is 5.91 Å². The second kappa shape index (κ2) is 7.63. The normalized spacial score (nSPS) is 14.9. The minimum atomic E-state index is -4.60. The van der Waals surface area contributed by atoms with Crippen LogP contribution in [0.25, 0.3) is 0 Å². The van der Waals surface area contributed by atoms with E-state index in [0.717, 1.165) is 12.1 Å². The van der Waals surface area contributed by atoms with Crippen molar-refractivity contribution in [3.63, 3.8) is 0 Å². The first kappa shape index (κ1) is 20.2. The number of carbonyl (C=O) groups is 1. The van der Waals surface area contributed by atoms with E-state index in [2.05, 4.69) is 25.8 Å². The molecule has 2 aromatic heterocycles. The quantitative estimate of drug-likeness (QED) is 0.556. The molecule has 0 radical (unpaired) electrons. The summed E-state index contributed by atoms with van der Waals surface area (Å²) in [5, 5.41) is 13.4. The summed E-state index contributed by atoms with van der Waals surface area (Å²) in [5.74, 6) is -0.833. The van der Waals surface area contributed by atoms with Gasteiger partial charge in [-0.3, -0.25) is 10.1 Å². The number of aromatic nitrogens is 3. The maximum absolute atomic E-state index is 13.8. The zero-order chi connectivity index (χ0) is 21.4. The summed E-state index contributed by atoms with van der Waals surface area (Å²) in [5.41, 5.74) is 0.558. The van der Waals surface area contributed by atoms with Crippen LogP contribution in [0, 0.1) is 5.82 Å². The highest BCUT2D eigenvalue weighted by atomic mass is 32.1. The van der Waals surface area contributed by atoms with Crippen LogP contribution in [-0.4, -0.2) is 27.6 Å². The number of halogens is 4. The van der Waals surface area contributed by atoms with E-state index in [1.165, 1.54) is 23.0 Å². The van der Waals surface area contributed by atoms with Gasteiger partial charge in [-0.2, -0.15) is 13.2 Å². The average molecular weight is 437 g/mol. The molecular formula is C19H15F4N5OS. The third-order valence-corrected chi connectivity index (χ3v) is 5.51. The lowest BCUT2D eigenvalue weighted by Gasteiger charge is -2.19. The van der Waals surface area contributed by atoms with Gasteiger partial charge in [0.15, 0.2) is 0 Å². The van der Waals surface area contributed by atoms with Gasteiger partial charge < -0.3 is 5.32 Å². The Kier molecular flexibility index (Phi) is 5.14. The van der Waals surface area contributed by atoms with Gasteiger partial charge in [0, 0.05) is 18.2 Å². The predicted octanol–water partition coefficient (Wildman–Crippen LogP) is 4.49. The first-order chi connectivity index (χ1) is 14.2. The second-order valence-corrected chi connectivity index (χ2v) is 7.82. The zero-order valence-corrected chi connectivity index (χ0v) is 16.1. The molecule has 3 aromatic rings. The maximum atomic E-state index is 13.8. The highest BCUT2D eigenvalue weighted by Gasteiger charge is 2.45. The number of benzene rings is 1. The lowest BCUT2D eigenvalue weighted by Crippen LogP contribution is -2.21. The SMILES string of the molecule is O=C(Nc1nncs1)c1ccc(NCC2(c3cc(F)cc(C(F)(F)F)c3)CC2)nc1. The van der Waals surface area contributed by atoms with Crippen LogP contribution in [0.1, 0.15) is 34.3 Å².